The van der Waals surface area contributed by atoms with E-state index in [0.29, 0.717) is 61.7 Å². The van der Waals surface area contributed by atoms with Crippen LogP contribution in [0.5, 0.6) is 0 Å². The van der Waals surface area contributed by atoms with Crippen LogP contribution in [-0.2, 0) is 14.3 Å². The van der Waals surface area contributed by atoms with E-state index in [4.69, 9.17) is 4.74 Å². The quantitative estimate of drug-likeness (QED) is 0.399. The third kappa shape index (κ3) is 6.98. The molecule has 1 aromatic heterocycles. The summed E-state index contributed by atoms with van der Waals surface area (Å²) >= 11 is 0. The summed E-state index contributed by atoms with van der Waals surface area (Å²) in [5.41, 5.74) is 0.373. The molecule has 4 fully saturated rings. The van der Waals surface area contributed by atoms with Crippen LogP contribution in [0.1, 0.15) is 81.5 Å². The van der Waals surface area contributed by atoms with E-state index in [1.807, 2.05) is 4.90 Å². The fraction of sp³-hybridized carbons (Fsp3) is 0.750. The number of carboxylic acids is 1. The zero-order chi connectivity index (χ0) is 27.4. The van der Waals surface area contributed by atoms with Crippen molar-refractivity contribution in [2.75, 3.05) is 43.4 Å². The first-order valence-corrected chi connectivity index (χ1v) is 14.7. The van der Waals surface area contributed by atoms with Crippen molar-refractivity contribution in [3.63, 3.8) is 0 Å². The maximum absolute atomic E-state index is 13.0. The van der Waals surface area contributed by atoms with Crippen molar-refractivity contribution in [1.82, 2.24) is 19.8 Å². The van der Waals surface area contributed by atoms with E-state index in [2.05, 4.69) is 25.5 Å². The van der Waals surface area contributed by atoms with Gasteiger partial charge in [-0.3, -0.25) is 14.5 Å². The molecule has 11 nitrogen and oxygen atoms in total. The number of esters is 1. The summed E-state index contributed by atoms with van der Waals surface area (Å²) in [6.07, 6.45) is 10.5. The minimum Gasteiger partial charge on any atom is -0.481 e. The number of ether oxygens (including phenoxy) is 1. The van der Waals surface area contributed by atoms with Crippen LogP contribution in [0.4, 0.5) is 11.8 Å². The Morgan fingerprint density at radius 2 is 1.51 bits per heavy atom. The van der Waals surface area contributed by atoms with Gasteiger partial charge in [-0.1, -0.05) is 0 Å². The molecule has 11 heteroatoms. The van der Waals surface area contributed by atoms with Crippen LogP contribution in [0.3, 0.4) is 0 Å². The molecule has 1 saturated heterocycles. The van der Waals surface area contributed by atoms with Crippen molar-refractivity contribution >= 4 is 29.6 Å². The molecular formula is C28H42N6O5. The third-order valence-corrected chi connectivity index (χ3v) is 8.80. The van der Waals surface area contributed by atoms with Crippen LogP contribution in [0.2, 0.25) is 0 Å². The number of aliphatic carboxylic acids is 1. The number of carboxylic acid groups (broad SMARTS) is 1. The molecule has 1 aromatic rings. The predicted octanol–water partition coefficient (Wildman–Crippen LogP) is 2.99. The second kappa shape index (κ2) is 12.5. The summed E-state index contributed by atoms with van der Waals surface area (Å²) in [5.74, 6) is -0.147. The Morgan fingerprint density at radius 1 is 0.897 bits per heavy atom. The van der Waals surface area contributed by atoms with Crippen LogP contribution in [0, 0.1) is 11.8 Å². The van der Waals surface area contributed by atoms with E-state index in [-0.39, 0.29) is 23.8 Å². The first-order chi connectivity index (χ1) is 18.9. The molecule has 3 N–H and O–H groups in total. The number of hydrogen-bond donors (Lipinski definition) is 3. The van der Waals surface area contributed by atoms with Crippen molar-refractivity contribution in [2.45, 2.75) is 89.3 Å². The second-order valence-corrected chi connectivity index (χ2v) is 11.5. The fourth-order valence-electron chi connectivity index (χ4n) is 6.26. The molecule has 1 amide bonds. The van der Waals surface area contributed by atoms with Crippen molar-refractivity contribution in [2.24, 2.45) is 11.8 Å². The van der Waals surface area contributed by atoms with Gasteiger partial charge in [0.1, 0.15) is 11.4 Å². The van der Waals surface area contributed by atoms with E-state index in [1.165, 1.54) is 0 Å². The number of nitrogens with one attached hydrogen (secondary N) is 2. The van der Waals surface area contributed by atoms with Gasteiger partial charge in [-0.2, -0.15) is 4.98 Å². The van der Waals surface area contributed by atoms with E-state index in [1.54, 1.807) is 13.1 Å². The molecule has 0 bridgehead atoms. The number of nitrogens with zero attached hydrogens (tertiary/aromatic N) is 4. The zero-order valence-electron chi connectivity index (χ0n) is 22.9. The SMILES string of the molecule is CCOC(=O)c1cnc(NC2CC2)nc1NC1CCC(N2CCN(C(=O)C3CCC(C(=O)O)CC3)CC2)CC1. The van der Waals surface area contributed by atoms with E-state index >= 15 is 0 Å². The van der Waals surface area contributed by atoms with Gasteiger partial charge in [-0.15, -0.1) is 0 Å². The smallest absolute Gasteiger partial charge is 0.343 e. The molecule has 39 heavy (non-hydrogen) atoms. The molecule has 0 spiro atoms. The second-order valence-electron chi connectivity index (χ2n) is 11.5. The molecule has 0 radical (unpaired) electrons. The number of hydrogen-bond acceptors (Lipinski definition) is 9. The summed E-state index contributed by atoms with van der Waals surface area (Å²) in [7, 11) is 0. The monoisotopic (exact) mass is 542 g/mol. The first kappa shape index (κ1) is 27.6. The lowest BCUT2D eigenvalue weighted by atomic mass is 9.81. The van der Waals surface area contributed by atoms with Gasteiger partial charge in [0.2, 0.25) is 11.9 Å². The molecule has 0 unspecified atom stereocenters. The minimum absolute atomic E-state index is 0.0186. The van der Waals surface area contributed by atoms with Crippen molar-refractivity contribution < 1.29 is 24.2 Å². The van der Waals surface area contributed by atoms with Gasteiger partial charge < -0.3 is 25.4 Å². The van der Waals surface area contributed by atoms with E-state index in [9.17, 15) is 19.5 Å². The highest BCUT2D eigenvalue weighted by molar-refractivity contribution is 5.94. The highest BCUT2D eigenvalue weighted by Crippen LogP contribution is 2.32. The average Bonchev–Trinajstić information content (AvgIpc) is 3.77. The number of amides is 1. The van der Waals surface area contributed by atoms with Gasteiger partial charge in [0.15, 0.2) is 0 Å². The maximum Gasteiger partial charge on any atom is 0.343 e. The Hall–Kier alpha value is -2.95. The molecule has 0 atom stereocenters. The van der Waals surface area contributed by atoms with Crippen LogP contribution in [0.15, 0.2) is 6.20 Å². The highest BCUT2D eigenvalue weighted by Gasteiger charge is 2.35. The van der Waals surface area contributed by atoms with E-state index < -0.39 is 11.9 Å². The average molecular weight is 543 g/mol. The Labute approximate surface area is 230 Å². The lowest BCUT2D eigenvalue weighted by molar-refractivity contribution is -0.146. The number of anilines is 2. The standard InChI is InChI=1S/C28H42N6O5/c1-2-39-27(38)23-17-29-28(31-21-7-8-21)32-24(23)30-20-9-11-22(12-10-20)33-13-15-34(16-14-33)25(35)18-3-5-19(6-4-18)26(36)37/h17-22H,2-16H2,1H3,(H,36,37)(H2,29,30,31,32). The summed E-state index contributed by atoms with van der Waals surface area (Å²) in [6.45, 7) is 5.35. The molecule has 5 rings (SSSR count). The first-order valence-electron chi connectivity index (χ1n) is 14.7. The summed E-state index contributed by atoms with van der Waals surface area (Å²) in [4.78, 5) is 50.2. The Morgan fingerprint density at radius 3 is 2.13 bits per heavy atom. The van der Waals surface area contributed by atoms with Crippen LogP contribution in [-0.4, -0.2) is 93.6 Å². The van der Waals surface area contributed by atoms with Gasteiger partial charge in [-0.05, 0) is 71.1 Å². The maximum atomic E-state index is 13.0. The topological polar surface area (TPSA) is 137 Å². The molecule has 3 aliphatic carbocycles. The van der Waals surface area contributed by atoms with Crippen LogP contribution in [0.25, 0.3) is 0 Å². The molecule has 0 aromatic carbocycles. The predicted molar refractivity (Wildman–Crippen MR) is 146 cm³/mol. The third-order valence-electron chi connectivity index (χ3n) is 8.80. The molecular weight excluding hydrogens is 500 g/mol. The van der Waals surface area contributed by atoms with E-state index in [0.717, 1.165) is 64.7 Å². The minimum atomic E-state index is -0.730. The van der Waals surface area contributed by atoms with Crippen molar-refractivity contribution in [3.8, 4) is 0 Å². The summed E-state index contributed by atoms with van der Waals surface area (Å²) in [6, 6.07) is 1.14. The molecule has 214 valence electrons. The fourth-order valence-corrected chi connectivity index (χ4v) is 6.26. The van der Waals surface area contributed by atoms with Crippen molar-refractivity contribution in [1.29, 1.82) is 0 Å². The van der Waals surface area contributed by atoms with Gasteiger partial charge in [0.25, 0.3) is 0 Å². The Balaban J connectivity index is 1.09. The van der Waals surface area contributed by atoms with Gasteiger partial charge in [0.05, 0.1) is 12.5 Å². The molecule has 4 aliphatic rings. The number of carbonyl (C=O) groups excluding carboxylic acids is 2. The lowest BCUT2D eigenvalue weighted by Crippen LogP contribution is -2.54. The number of aromatic nitrogens is 2. The number of piperazine rings is 1. The lowest BCUT2D eigenvalue weighted by Gasteiger charge is -2.43. The van der Waals surface area contributed by atoms with Gasteiger partial charge in [0, 0.05) is 56.4 Å². The van der Waals surface area contributed by atoms with Crippen LogP contribution < -0.4 is 10.6 Å². The Bertz CT molecular complexity index is 1030. The van der Waals surface area contributed by atoms with Gasteiger partial charge in [-0.25, -0.2) is 9.78 Å². The number of carbonyl (C=O) groups is 3. The summed E-state index contributed by atoms with van der Waals surface area (Å²) in [5, 5.41) is 16.0. The normalized spacial score (nSPS) is 28.0. The largest absolute Gasteiger partial charge is 0.481 e. The van der Waals surface area contributed by atoms with Gasteiger partial charge >= 0.3 is 11.9 Å². The highest BCUT2D eigenvalue weighted by atomic mass is 16.5. The summed E-state index contributed by atoms with van der Waals surface area (Å²) < 4.78 is 5.23. The Kier molecular flexibility index (Phi) is 8.84. The zero-order valence-corrected chi connectivity index (χ0v) is 22.9. The molecule has 1 aliphatic heterocycles. The molecule has 3 saturated carbocycles. The molecule has 2 heterocycles. The van der Waals surface area contributed by atoms with Crippen molar-refractivity contribution in [3.05, 3.63) is 11.8 Å². The van der Waals surface area contributed by atoms with Crippen LogP contribution >= 0.6 is 0 Å². The number of rotatable bonds is 9.